The highest BCUT2D eigenvalue weighted by molar-refractivity contribution is 7.10. The molecular weight excluding hydrogens is 272 g/mol. The van der Waals surface area contributed by atoms with Gasteiger partial charge in [-0.1, -0.05) is 6.07 Å². The molecule has 4 amide bonds. The first-order chi connectivity index (χ1) is 9.00. The lowest BCUT2D eigenvalue weighted by molar-refractivity contribution is -0.139. The van der Waals surface area contributed by atoms with Crippen molar-refractivity contribution in [1.82, 2.24) is 16.0 Å². The topological polar surface area (TPSA) is 134 Å². The standard InChI is InChI=1S/C10H14N4O4S/c11-9(17)12-3-4-13-10(18)14-7(8(15)16)6-2-1-5-19-6/h1-2,5,7H,3-4H2,(H,15,16)(H3,11,12,17)(H2,13,14,18). The number of rotatable bonds is 6. The molecule has 9 heteroatoms. The number of aliphatic carboxylic acids is 1. The molecule has 1 rings (SSSR count). The number of carbonyl (C=O) groups excluding carboxylic acids is 2. The molecule has 8 nitrogen and oxygen atoms in total. The van der Waals surface area contributed by atoms with E-state index in [-0.39, 0.29) is 13.1 Å². The molecule has 0 aliphatic carbocycles. The van der Waals surface area contributed by atoms with Crippen molar-refractivity contribution < 1.29 is 19.5 Å². The number of carbonyl (C=O) groups is 3. The molecular formula is C10H14N4O4S. The summed E-state index contributed by atoms with van der Waals surface area (Å²) in [4.78, 5) is 33.4. The average Bonchev–Trinajstić information content (AvgIpc) is 2.84. The molecule has 0 radical (unpaired) electrons. The summed E-state index contributed by atoms with van der Waals surface area (Å²) in [5.74, 6) is -1.15. The van der Waals surface area contributed by atoms with Crippen LogP contribution in [0.15, 0.2) is 17.5 Å². The summed E-state index contributed by atoms with van der Waals surface area (Å²) in [7, 11) is 0. The van der Waals surface area contributed by atoms with Gasteiger partial charge in [0.15, 0.2) is 6.04 Å². The largest absolute Gasteiger partial charge is 0.479 e. The Morgan fingerprint density at radius 2 is 2.00 bits per heavy atom. The van der Waals surface area contributed by atoms with E-state index >= 15 is 0 Å². The third-order valence-electron chi connectivity index (χ3n) is 2.06. The number of primary amides is 1. The van der Waals surface area contributed by atoms with Crippen LogP contribution in [0.3, 0.4) is 0 Å². The Bertz CT molecular complexity index is 448. The zero-order valence-electron chi connectivity index (χ0n) is 9.88. The summed E-state index contributed by atoms with van der Waals surface area (Å²) in [6.07, 6.45) is 0. The Morgan fingerprint density at radius 1 is 1.32 bits per heavy atom. The molecule has 0 spiro atoms. The highest BCUT2D eigenvalue weighted by Gasteiger charge is 2.22. The van der Waals surface area contributed by atoms with E-state index < -0.39 is 24.1 Å². The van der Waals surface area contributed by atoms with Crippen molar-refractivity contribution in [3.63, 3.8) is 0 Å². The molecule has 0 saturated carbocycles. The van der Waals surface area contributed by atoms with Crippen LogP contribution in [-0.2, 0) is 4.79 Å². The summed E-state index contributed by atoms with van der Waals surface area (Å²) in [5.41, 5.74) is 4.84. The second-order valence-corrected chi connectivity index (χ2v) is 4.46. The fourth-order valence-electron chi connectivity index (χ4n) is 1.25. The smallest absolute Gasteiger partial charge is 0.331 e. The monoisotopic (exact) mass is 286 g/mol. The van der Waals surface area contributed by atoms with E-state index in [2.05, 4.69) is 16.0 Å². The van der Waals surface area contributed by atoms with Gasteiger partial charge in [-0.3, -0.25) is 0 Å². The Balaban J connectivity index is 2.40. The number of nitrogens with two attached hydrogens (primary N) is 1. The first-order valence-electron chi connectivity index (χ1n) is 5.34. The van der Waals surface area contributed by atoms with Gasteiger partial charge in [-0.05, 0) is 11.4 Å². The molecule has 1 atom stereocenters. The number of carboxylic acid groups (broad SMARTS) is 1. The molecule has 19 heavy (non-hydrogen) atoms. The van der Waals surface area contributed by atoms with Crippen LogP contribution in [0.4, 0.5) is 9.59 Å². The maximum absolute atomic E-state index is 11.5. The van der Waals surface area contributed by atoms with Gasteiger partial charge in [0, 0.05) is 18.0 Å². The van der Waals surface area contributed by atoms with Crippen molar-refractivity contribution in [2.24, 2.45) is 5.73 Å². The van der Waals surface area contributed by atoms with Crippen LogP contribution in [0.2, 0.25) is 0 Å². The van der Waals surface area contributed by atoms with Crippen LogP contribution in [0, 0.1) is 0 Å². The highest BCUT2D eigenvalue weighted by atomic mass is 32.1. The first-order valence-corrected chi connectivity index (χ1v) is 6.22. The van der Waals surface area contributed by atoms with E-state index in [0.29, 0.717) is 4.88 Å². The van der Waals surface area contributed by atoms with E-state index in [0.717, 1.165) is 0 Å². The molecule has 0 bridgehead atoms. The molecule has 1 unspecified atom stereocenters. The summed E-state index contributed by atoms with van der Waals surface area (Å²) < 4.78 is 0. The number of thiophene rings is 1. The number of nitrogens with one attached hydrogen (secondary N) is 3. The number of amides is 4. The fourth-order valence-corrected chi connectivity index (χ4v) is 2.02. The molecule has 1 heterocycles. The minimum atomic E-state index is -1.15. The molecule has 1 aromatic rings. The lowest BCUT2D eigenvalue weighted by Gasteiger charge is -2.13. The second-order valence-electron chi connectivity index (χ2n) is 3.48. The van der Waals surface area contributed by atoms with E-state index in [1.54, 1.807) is 17.5 Å². The van der Waals surface area contributed by atoms with Gasteiger partial charge in [-0.2, -0.15) is 0 Å². The van der Waals surface area contributed by atoms with Gasteiger partial charge in [0.05, 0.1) is 0 Å². The molecule has 0 saturated heterocycles. The number of hydrogen-bond acceptors (Lipinski definition) is 4. The van der Waals surface area contributed by atoms with Gasteiger partial charge in [0.25, 0.3) is 0 Å². The van der Waals surface area contributed by atoms with E-state index in [9.17, 15) is 14.4 Å². The minimum Gasteiger partial charge on any atom is -0.479 e. The molecule has 6 N–H and O–H groups in total. The van der Waals surface area contributed by atoms with Gasteiger partial charge < -0.3 is 26.8 Å². The number of carboxylic acids is 1. The van der Waals surface area contributed by atoms with Crippen molar-refractivity contribution in [3.05, 3.63) is 22.4 Å². The van der Waals surface area contributed by atoms with Crippen molar-refractivity contribution in [3.8, 4) is 0 Å². The zero-order chi connectivity index (χ0) is 14.3. The normalized spacial score (nSPS) is 11.4. The van der Waals surface area contributed by atoms with Crippen molar-refractivity contribution >= 4 is 29.4 Å². The van der Waals surface area contributed by atoms with Gasteiger partial charge in [-0.25, -0.2) is 14.4 Å². The molecule has 0 aromatic carbocycles. The molecule has 0 aliphatic heterocycles. The van der Waals surface area contributed by atoms with Gasteiger partial charge >= 0.3 is 18.0 Å². The fraction of sp³-hybridized carbons (Fsp3) is 0.300. The Labute approximate surface area is 113 Å². The van der Waals surface area contributed by atoms with Crippen LogP contribution in [0.25, 0.3) is 0 Å². The van der Waals surface area contributed by atoms with Crippen LogP contribution in [0.1, 0.15) is 10.9 Å². The summed E-state index contributed by atoms with van der Waals surface area (Å²) in [6.45, 7) is 0.311. The lowest BCUT2D eigenvalue weighted by atomic mass is 10.2. The Hall–Kier alpha value is -2.29. The van der Waals surface area contributed by atoms with Crippen LogP contribution in [0.5, 0.6) is 0 Å². The molecule has 0 fully saturated rings. The summed E-state index contributed by atoms with van der Waals surface area (Å²) in [5, 5.41) is 17.8. The minimum absolute atomic E-state index is 0.144. The Morgan fingerprint density at radius 3 is 2.53 bits per heavy atom. The predicted molar refractivity (Wildman–Crippen MR) is 68.8 cm³/mol. The highest BCUT2D eigenvalue weighted by Crippen LogP contribution is 2.18. The third kappa shape index (κ3) is 5.25. The SMILES string of the molecule is NC(=O)NCCNC(=O)NC(C(=O)O)c1cccs1. The van der Waals surface area contributed by atoms with E-state index in [1.807, 2.05) is 0 Å². The van der Waals surface area contributed by atoms with Gasteiger partial charge in [0.2, 0.25) is 0 Å². The van der Waals surface area contributed by atoms with Crippen molar-refractivity contribution in [2.45, 2.75) is 6.04 Å². The van der Waals surface area contributed by atoms with Crippen molar-refractivity contribution in [2.75, 3.05) is 13.1 Å². The molecule has 104 valence electrons. The second kappa shape index (κ2) is 7.21. The number of hydrogen-bond donors (Lipinski definition) is 5. The predicted octanol–water partition coefficient (Wildman–Crippen LogP) is -0.159. The van der Waals surface area contributed by atoms with E-state index in [1.165, 1.54) is 11.3 Å². The van der Waals surface area contributed by atoms with E-state index in [4.69, 9.17) is 10.8 Å². The quantitative estimate of drug-likeness (QED) is 0.464. The number of urea groups is 2. The molecule has 0 aliphatic rings. The maximum Gasteiger partial charge on any atom is 0.331 e. The van der Waals surface area contributed by atoms with Gasteiger partial charge in [-0.15, -0.1) is 11.3 Å². The van der Waals surface area contributed by atoms with Crippen LogP contribution < -0.4 is 21.7 Å². The zero-order valence-corrected chi connectivity index (χ0v) is 10.7. The Kier molecular flexibility index (Phi) is 5.61. The van der Waals surface area contributed by atoms with Crippen LogP contribution >= 0.6 is 11.3 Å². The summed E-state index contributed by atoms with van der Waals surface area (Å²) in [6, 6.07) is 0.908. The molecule has 1 aromatic heterocycles. The maximum atomic E-state index is 11.5. The lowest BCUT2D eigenvalue weighted by Crippen LogP contribution is -2.44. The average molecular weight is 286 g/mol. The van der Waals surface area contributed by atoms with Gasteiger partial charge in [0.1, 0.15) is 0 Å². The van der Waals surface area contributed by atoms with Crippen LogP contribution in [-0.4, -0.2) is 36.2 Å². The third-order valence-corrected chi connectivity index (χ3v) is 3.00. The first kappa shape index (κ1) is 14.8. The van der Waals surface area contributed by atoms with Crippen molar-refractivity contribution in [1.29, 1.82) is 0 Å². The summed E-state index contributed by atoms with van der Waals surface area (Å²) >= 11 is 1.24.